The van der Waals surface area contributed by atoms with Gasteiger partial charge in [-0.15, -0.1) is 6.58 Å². The van der Waals surface area contributed by atoms with Crippen molar-refractivity contribution in [3.05, 3.63) is 71.3 Å². The highest BCUT2D eigenvalue weighted by Gasteiger charge is 2.04. The van der Waals surface area contributed by atoms with Crippen molar-refractivity contribution in [2.45, 2.75) is 6.42 Å². The molecule has 6 heteroatoms. The molecule has 0 atom stereocenters. The molecule has 5 nitrogen and oxygen atoms in total. The van der Waals surface area contributed by atoms with Gasteiger partial charge >= 0.3 is 0 Å². The van der Waals surface area contributed by atoms with E-state index in [2.05, 4.69) is 22.4 Å². The lowest BCUT2D eigenvalue weighted by Crippen LogP contribution is -2.25. The Morgan fingerprint density at radius 3 is 2.83 bits per heavy atom. The maximum absolute atomic E-state index is 11.7. The summed E-state index contributed by atoms with van der Waals surface area (Å²) < 4.78 is 0. The predicted molar refractivity (Wildman–Crippen MR) is 97.7 cm³/mol. The predicted octanol–water partition coefficient (Wildman–Crippen LogP) is 3.34. The van der Waals surface area contributed by atoms with Gasteiger partial charge in [0.25, 0.3) is 5.91 Å². The van der Waals surface area contributed by atoms with E-state index in [0.717, 1.165) is 11.3 Å². The van der Waals surface area contributed by atoms with E-state index in [1.807, 2.05) is 18.2 Å². The number of carbonyl (C=O) groups is 1. The third-order valence-electron chi connectivity index (χ3n) is 3.19. The Morgan fingerprint density at radius 1 is 1.29 bits per heavy atom. The first-order valence-electron chi connectivity index (χ1n) is 7.33. The number of aromatic hydroxyl groups is 1. The van der Waals surface area contributed by atoms with Gasteiger partial charge in [-0.2, -0.15) is 5.10 Å². The largest absolute Gasteiger partial charge is 0.507 e. The van der Waals surface area contributed by atoms with E-state index in [-0.39, 0.29) is 18.2 Å². The Morgan fingerprint density at radius 2 is 2.08 bits per heavy atom. The van der Waals surface area contributed by atoms with Gasteiger partial charge in [-0.05, 0) is 36.2 Å². The molecular weight excluding hydrogens is 326 g/mol. The summed E-state index contributed by atoms with van der Waals surface area (Å²) in [7, 11) is 0. The number of rotatable bonds is 7. The molecule has 0 aromatic heterocycles. The number of phenolic OH excluding ortho intramolecular Hbond substituents is 1. The number of anilines is 1. The Hall–Kier alpha value is -2.79. The third-order valence-corrected chi connectivity index (χ3v) is 3.42. The minimum atomic E-state index is -0.312. The molecule has 0 aliphatic rings. The maximum Gasteiger partial charge on any atom is 0.259 e. The van der Waals surface area contributed by atoms with Crippen LogP contribution in [0.1, 0.15) is 11.1 Å². The molecule has 124 valence electrons. The van der Waals surface area contributed by atoms with Gasteiger partial charge in [0.1, 0.15) is 5.75 Å². The molecule has 0 unspecified atom stereocenters. The van der Waals surface area contributed by atoms with E-state index in [0.29, 0.717) is 17.0 Å². The minimum absolute atomic E-state index is 0.0557. The minimum Gasteiger partial charge on any atom is -0.507 e. The Bertz CT molecular complexity index is 760. The molecule has 2 rings (SSSR count). The van der Waals surface area contributed by atoms with E-state index in [1.165, 1.54) is 6.21 Å². The standard InChI is InChI=1S/C18H18ClN3O2/c1-2-5-13-6-3-7-14(18(13)24)11-21-22-17(23)12-20-16-9-4-8-15(19)10-16/h2-4,6-11,20,24H,1,5,12H2,(H,22,23). The van der Waals surface area contributed by atoms with Gasteiger partial charge in [0.15, 0.2) is 0 Å². The Labute approximate surface area is 145 Å². The summed E-state index contributed by atoms with van der Waals surface area (Å²) in [5, 5.41) is 17.5. The zero-order valence-electron chi connectivity index (χ0n) is 13.0. The van der Waals surface area contributed by atoms with Crippen LogP contribution < -0.4 is 10.7 Å². The second-order valence-corrected chi connectivity index (χ2v) is 5.44. The molecule has 24 heavy (non-hydrogen) atoms. The van der Waals surface area contributed by atoms with Crippen LogP contribution in [-0.4, -0.2) is 23.8 Å². The van der Waals surface area contributed by atoms with Crippen LogP contribution in [0.25, 0.3) is 0 Å². The van der Waals surface area contributed by atoms with Crippen molar-refractivity contribution >= 4 is 29.4 Å². The summed E-state index contributed by atoms with van der Waals surface area (Å²) in [6, 6.07) is 12.4. The molecule has 0 heterocycles. The first-order chi connectivity index (χ1) is 11.6. The van der Waals surface area contributed by atoms with Crippen LogP contribution in [0.3, 0.4) is 0 Å². The average molecular weight is 344 g/mol. The number of hydrogen-bond acceptors (Lipinski definition) is 4. The topological polar surface area (TPSA) is 73.7 Å². The number of hydrogen-bond donors (Lipinski definition) is 3. The van der Waals surface area contributed by atoms with E-state index < -0.39 is 0 Å². The zero-order valence-corrected chi connectivity index (χ0v) is 13.8. The molecule has 0 aliphatic carbocycles. The summed E-state index contributed by atoms with van der Waals surface area (Å²) in [5.74, 6) is -0.180. The summed E-state index contributed by atoms with van der Waals surface area (Å²) >= 11 is 5.87. The number of benzene rings is 2. The highest BCUT2D eigenvalue weighted by Crippen LogP contribution is 2.21. The molecular formula is C18H18ClN3O2. The quantitative estimate of drug-likeness (QED) is 0.410. The fourth-order valence-electron chi connectivity index (χ4n) is 2.03. The lowest BCUT2D eigenvalue weighted by atomic mass is 10.1. The van der Waals surface area contributed by atoms with Gasteiger partial charge in [0.2, 0.25) is 0 Å². The molecule has 3 N–H and O–H groups in total. The number of nitrogens with zero attached hydrogens (tertiary/aromatic N) is 1. The van der Waals surface area contributed by atoms with Crippen molar-refractivity contribution in [2.75, 3.05) is 11.9 Å². The number of amides is 1. The Kier molecular flexibility index (Phi) is 6.40. The summed E-state index contributed by atoms with van der Waals surface area (Å²) in [4.78, 5) is 11.7. The third kappa shape index (κ3) is 5.14. The van der Waals surface area contributed by atoms with Gasteiger partial charge < -0.3 is 10.4 Å². The molecule has 0 aliphatic heterocycles. The molecule has 1 amide bonds. The van der Waals surface area contributed by atoms with Crippen molar-refractivity contribution in [1.82, 2.24) is 5.43 Å². The van der Waals surface area contributed by atoms with Crippen LogP contribution in [0.15, 0.2) is 60.2 Å². The molecule has 0 spiro atoms. The van der Waals surface area contributed by atoms with Crippen LogP contribution in [0.5, 0.6) is 5.75 Å². The normalized spacial score (nSPS) is 10.5. The maximum atomic E-state index is 11.7. The number of hydrazone groups is 1. The van der Waals surface area contributed by atoms with E-state index in [1.54, 1.807) is 30.3 Å². The molecule has 0 bridgehead atoms. The average Bonchev–Trinajstić information content (AvgIpc) is 2.56. The van der Waals surface area contributed by atoms with Gasteiger partial charge in [0.05, 0.1) is 12.8 Å². The zero-order chi connectivity index (χ0) is 17.4. The van der Waals surface area contributed by atoms with E-state index in [9.17, 15) is 9.90 Å². The molecule has 0 saturated heterocycles. The van der Waals surface area contributed by atoms with Crippen LogP contribution >= 0.6 is 11.6 Å². The highest BCUT2D eigenvalue weighted by molar-refractivity contribution is 6.30. The van der Waals surface area contributed by atoms with Crippen molar-refractivity contribution in [3.63, 3.8) is 0 Å². The van der Waals surface area contributed by atoms with Crippen LogP contribution in [0, 0.1) is 0 Å². The second-order valence-electron chi connectivity index (χ2n) is 5.00. The number of halogens is 1. The fraction of sp³-hybridized carbons (Fsp3) is 0.111. The SMILES string of the molecule is C=CCc1cccc(C=NNC(=O)CNc2cccc(Cl)c2)c1O. The summed E-state index contributed by atoms with van der Waals surface area (Å²) in [5.41, 5.74) is 4.42. The fourth-order valence-corrected chi connectivity index (χ4v) is 2.22. The van der Waals surface area contributed by atoms with Crippen molar-refractivity contribution < 1.29 is 9.90 Å². The van der Waals surface area contributed by atoms with Crippen molar-refractivity contribution in [1.29, 1.82) is 0 Å². The lowest BCUT2D eigenvalue weighted by molar-refractivity contribution is -0.119. The Balaban J connectivity index is 1.88. The van der Waals surface area contributed by atoms with Crippen molar-refractivity contribution in [3.8, 4) is 5.75 Å². The number of phenols is 1. The number of allylic oxidation sites excluding steroid dienone is 1. The number of para-hydroxylation sites is 1. The molecule has 2 aromatic carbocycles. The monoisotopic (exact) mass is 343 g/mol. The lowest BCUT2D eigenvalue weighted by Gasteiger charge is -2.06. The van der Waals surface area contributed by atoms with Gasteiger partial charge in [-0.3, -0.25) is 4.79 Å². The van der Waals surface area contributed by atoms with Crippen LogP contribution in [-0.2, 0) is 11.2 Å². The van der Waals surface area contributed by atoms with Crippen molar-refractivity contribution in [2.24, 2.45) is 5.10 Å². The first-order valence-corrected chi connectivity index (χ1v) is 7.71. The molecule has 2 aromatic rings. The molecule has 0 saturated carbocycles. The number of carbonyl (C=O) groups excluding carboxylic acids is 1. The smallest absolute Gasteiger partial charge is 0.259 e. The van der Waals surface area contributed by atoms with E-state index >= 15 is 0 Å². The summed E-state index contributed by atoms with van der Waals surface area (Å²) in [6.45, 7) is 3.70. The van der Waals surface area contributed by atoms with Crippen LogP contribution in [0.2, 0.25) is 5.02 Å². The van der Waals surface area contributed by atoms with Gasteiger partial charge in [-0.1, -0.05) is 35.9 Å². The molecule has 0 radical (unpaired) electrons. The molecule has 0 fully saturated rings. The second kappa shape index (κ2) is 8.74. The highest BCUT2D eigenvalue weighted by atomic mass is 35.5. The van der Waals surface area contributed by atoms with E-state index in [4.69, 9.17) is 11.6 Å². The summed E-state index contributed by atoms with van der Waals surface area (Å²) in [6.07, 6.45) is 3.67. The first kappa shape index (κ1) is 17.6. The van der Waals surface area contributed by atoms with Crippen LogP contribution in [0.4, 0.5) is 5.69 Å². The van der Waals surface area contributed by atoms with Gasteiger partial charge in [-0.25, -0.2) is 5.43 Å². The van der Waals surface area contributed by atoms with Gasteiger partial charge in [0, 0.05) is 16.3 Å². The number of nitrogens with one attached hydrogen (secondary N) is 2.